The van der Waals surface area contributed by atoms with Gasteiger partial charge in [-0.15, -0.1) is 11.3 Å². The number of nitrogen functional groups attached to an aromatic ring is 1. The topological polar surface area (TPSA) is 68.0 Å². The lowest BCUT2D eigenvalue weighted by Crippen LogP contribution is -2.13. The minimum absolute atomic E-state index is 0.184. The molecule has 6 heteroatoms. The molecule has 16 heavy (non-hydrogen) atoms. The number of amides is 1. The van der Waals surface area contributed by atoms with Gasteiger partial charge in [0.25, 0.3) is 5.91 Å². The van der Waals surface area contributed by atoms with Crippen molar-refractivity contribution < 1.29 is 9.18 Å². The predicted octanol–water partition coefficient (Wildman–Crippen LogP) is 2.12. The van der Waals surface area contributed by atoms with Crippen LogP contribution in [0.5, 0.6) is 0 Å². The molecule has 0 aliphatic carbocycles. The second kappa shape index (κ2) is 4.28. The highest BCUT2D eigenvalue weighted by atomic mass is 32.1. The van der Waals surface area contributed by atoms with Gasteiger partial charge < -0.3 is 11.1 Å². The molecule has 0 saturated heterocycles. The van der Waals surface area contributed by atoms with E-state index < -0.39 is 5.82 Å². The van der Waals surface area contributed by atoms with E-state index in [1.165, 1.54) is 23.5 Å². The minimum atomic E-state index is -0.441. The summed E-state index contributed by atoms with van der Waals surface area (Å²) in [5, 5.41) is 4.17. The third-order valence-corrected chi connectivity index (χ3v) is 2.51. The summed E-state index contributed by atoms with van der Waals surface area (Å²) in [6.45, 7) is 0. The van der Waals surface area contributed by atoms with Gasteiger partial charge in [0.2, 0.25) is 0 Å². The summed E-state index contributed by atoms with van der Waals surface area (Å²) in [6.07, 6.45) is 0. The van der Waals surface area contributed by atoms with Crippen molar-refractivity contribution in [2.75, 3.05) is 11.1 Å². The first-order chi connectivity index (χ1) is 7.66. The molecular formula is C10H8FN3OS. The van der Waals surface area contributed by atoms with Gasteiger partial charge in [0, 0.05) is 5.38 Å². The van der Waals surface area contributed by atoms with Gasteiger partial charge in [-0.2, -0.15) is 0 Å². The van der Waals surface area contributed by atoms with Gasteiger partial charge in [-0.05, 0) is 18.2 Å². The van der Waals surface area contributed by atoms with Gasteiger partial charge in [0.1, 0.15) is 11.5 Å². The van der Waals surface area contributed by atoms with Crippen LogP contribution in [-0.2, 0) is 0 Å². The van der Waals surface area contributed by atoms with E-state index >= 15 is 0 Å². The largest absolute Gasteiger partial charge is 0.397 e. The van der Waals surface area contributed by atoms with E-state index in [4.69, 9.17) is 5.73 Å². The Hall–Kier alpha value is -1.95. The summed E-state index contributed by atoms with van der Waals surface area (Å²) >= 11 is 1.32. The van der Waals surface area contributed by atoms with Crippen LogP contribution in [0, 0.1) is 5.82 Å². The van der Waals surface area contributed by atoms with Crippen LogP contribution in [0.4, 0.5) is 15.8 Å². The molecule has 0 saturated carbocycles. The van der Waals surface area contributed by atoms with Gasteiger partial charge in [0.05, 0.1) is 16.9 Å². The maximum Gasteiger partial charge on any atom is 0.275 e. The van der Waals surface area contributed by atoms with Crippen LogP contribution in [-0.4, -0.2) is 10.9 Å². The predicted molar refractivity (Wildman–Crippen MR) is 60.9 cm³/mol. The first kappa shape index (κ1) is 10.6. The van der Waals surface area contributed by atoms with Crippen molar-refractivity contribution in [3.8, 4) is 0 Å². The highest BCUT2D eigenvalue weighted by Crippen LogP contribution is 2.19. The Kier molecular flexibility index (Phi) is 2.82. The molecule has 0 atom stereocenters. The number of aromatic nitrogens is 1. The van der Waals surface area contributed by atoms with Crippen molar-refractivity contribution in [3.05, 3.63) is 40.6 Å². The van der Waals surface area contributed by atoms with Crippen molar-refractivity contribution >= 4 is 28.6 Å². The number of nitrogens with two attached hydrogens (primary N) is 1. The zero-order chi connectivity index (χ0) is 11.5. The molecule has 0 aliphatic rings. The van der Waals surface area contributed by atoms with Crippen LogP contribution in [0.2, 0.25) is 0 Å². The molecule has 1 amide bonds. The van der Waals surface area contributed by atoms with E-state index in [2.05, 4.69) is 10.3 Å². The number of carbonyl (C=O) groups is 1. The second-order valence-corrected chi connectivity index (χ2v) is 3.78. The quantitative estimate of drug-likeness (QED) is 0.786. The van der Waals surface area contributed by atoms with Gasteiger partial charge in [-0.1, -0.05) is 0 Å². The number of hydrogen-bond donors (Lipinski definition) is 2. The summed E-state index contributed by atoms with van der Waals surface area (Å²) in [7, 11) is 0. The number of benzene rings is 1. The average Bonchev–Trinajstić information content (AvgIpc) is 2.75. The number of hydrogen-bond acceptors (Lipinski definition) is 4. The highest BCUT2D eigenvalue weighted by molar-refractivity contribution is 7.07. The van der Waals surface area contributed by atoms with Gasteiger partial charge in [-0.3, -0.25) is 4.79 Å². The highest BCUT2D eigenvalue weighted by Gasteiger charge is 2.09. The summed E-state index contributed by atoms with van der Waals surface area (Å²) in [6, 6.07) is 3.79. The first-order valence-electron chi connectivity index (χ1n) is 4.41. The molecule has 82 valence electrons. The molecule has 0 bridgehead atoms. The van der Waals surface area contributed by atoms with Crippen molar-refractivity contribution in [3.63, 3.8) is 0 Å². The summed E-state index contributed by atoms with van der Waals surface area (Å²) in [5.41, 5.74) is 7.98. The third kappa shape index (κ3) is 2.17. The Morgan fingerprint density at radius 3 is 2.94 bits per heavy atom. The number of halogens is 1. The molecule has 1 heterocycles. The lowest BCUT2D eigenvalue weighted by molar-refractivity contribution is 0.102. The smallest absolute Gasteiger partial charge is 0.275 e. The number of carbonyl (C=O) groups excluding carboxylic acids is 1. The first-order valence-corrected chi connectivity index (χ1v) is 5.35. The fourth-order valence-electron chi connectivity index (χ4n) is 1.16. The molecule has 0 spiro atoms. The Labute approximate surface area is 94.9 Å². The molecule has 2 aromatic rings. The molecule has 3 N–H and O–H groups in total. The molecule has 0 unspecified atom stereocenters. The van der Waals surface area contributed by atoms with Gasteiger partial charge in [-0.25, -0.2) is 9.37 Å². The van der Waals surface area contributed by atoms with Gasteiger partial charge in [0.15, 0.2) is 0 Å². The van der Waals surface area contributed by atoms with E-state index in [1.807, 2.05) is 0 Å². The van der Waals surface area contributed by atoms with Crippen LogP contribution >= 0.6 is 11.3 Å². The Morgan fingerprint density at radius 2 is 2.31 bits per heavy atom. The normalized spacial score (nSPS) is 10.1. The van der Waals surface area contributed by atoms with Gasteiger partial charge >= 0.3 is 0 Å². The van der Waals surface area contributed by atoms with E-state index in [0.29, 0.717) is 11.4 Å². The maximum atomic E-state index is 12.8. The third-order valence-electron chi connectivity index (χ3n) is 1.93. The molecule has 1 aromatic carbocycles. The SMILES string of the molecule is Nc1cc(F)ccc1NC(=O)c1cscn1. The minimum Gasteiger partial charge on any atom is -0.397 e. The fraction of sp³-hybridized carbons (Fsp3) is 0. The number of nitrogens with one attached hydrogen (secondary N) is 1. The average molecular weight is 237 g/mol. The van der Waals surface area contributed by atoms with E-state index in [-0.39, 0.29) is 11.6 Å². The summed E-state index contributed by atoms with van der Waals surface area (Å²) in [4.78, 5) is 15.4. The zero-order valence-corrected chi connectivity index (χ0v) is 8.92. The fourth-order valence-corrected chi connectivity index (χ4v) is 1.69. The lowest BCUT2D eigenvalue weighted by Gasteiger charge is -2.06. The van der Waals surface area contributed by atoms with Crippen LogP contribution in [0.1, 0.15) is 10.5 Å². The Balaban J connectivity index is 2.18. The lowest BCUT2D eigenvalue weighted by atomic mass is 10.2. The van der Waals surface area contributed by atoms with E-state index in [9.17, 15) is 9.18 Å². The molecular weight excluding hydrogens is 229 g/mol. The second-order valence-electron chi connectivity index (χ2n) is 3.06. The van der Waals surface area contributed by atoms with E-state index in [1.54, 1.807) is 10.9 Å². The molecule has 4 nitrogen and oxygen atoms in total. The van der Waals surface area contributed by atoms with Crippen molar-refractivity contribution in [2.45, 2.75) is 0 Å². The zero-order valence-electron chi connectivity index (χ0n) is 8.11. The van der Waals surface area contributed by atoms with Crippen LogP contribution in [0.3, 0.4) is 0 Å². The number of rotatable bonds is 2. The maximum absolute atomic E-state index is 12.8. The van der Waals surface area contributed by atoms with Crippen molar-refractivity contribution in [1.82, 2.24) is 4.98 Å². The van der Waals surface area contributed by atoms with Crippen LogP contribution in [0.15, 0.2) is 29.1 Å². The number of anilines is 2. The summed E-state index contributed by atoms with van der Waals surface area (Å²) in [5.74, 6) is -0.802. The van der Waals surface area contributed by atoms with E-state index in [0.717, 1.165) is 6.07 Å². The monoisotopic (exact) mass is 237 g/mol. The van der Waals surface area contributed by atoms with Crippen molar-refractivity contribution in [2.24, 2.45) is 0 Å². The number of thiazole rings is 1. The van der Waals surface area contributed by atoms with Crippen LogP contribution in [0.25, 0.3) is 0 Å². The molecule has 0 radical (unpaired) electrons. The Bertz CT molecular complexity index is 513. The van der Waals surface area contributed by atoms with Crippen LogP contribution < -0.4 is 11.1 Å². The summed E-state index contributed by atoms with van der Waals surface area (Å²) < 4.78 is 12.8. The molecule has 2 rings (SSSR count). The van der Waals surface area contributed by atoms with Crippen molar-refractivity contribution in [1.29, 1.82) is 0 Å². The number of nitrogens with zero attached hydrogens (tertiary/aromatic N) is 1. The standard InChI is InChI=1S/C10H8FN3OS/c11-6-1-2-8(7(12)3-6)14-10(15)9-4-16-5-13-9/h1-5H,12H2,(H,14,15). The molecule has 1 aromatic heterocycles. The molecule has 0 fully saturated rings. The molecule has 0 aliphatic heterocycles. The Morgan fingerprint density at radius 1 is 1.50 bits per heavy atom.